The van der Waals surface area contributed by atoms with Gasteiger partial charge in [-0.1, -0.05) is 0 Å². The highest BCUT2D eigenvalue weighted by Gasteiger charge is 1.84. The first-order valence-electron chi connectivity index (χ1n) is 2.17. The third-order valence-corrected chi connectivity index (χ3v) is 0.612. The summed E-state index contributed by atoms with van der Waals surface area (Å²) >= 11 is 0. The van der Waals surface area contributed by atoms with Crippen LogP contribution in [0.15, 0.2) is 0 Å². The third-order valence-electron chi connectivity index (χ3n) is 0.612. The molecule has 2 nitrogen and oxygen atoms in total. The Kier molecular flexibility index (Phi) is 10.1. The molecule has 0 saturated heterocycles. The molecule has 0 aromatic heterocycles. The fourth-order valence-corrected chi connectivity index (χ4v) is 0.224. The largest absolute Gasteiger partial charge is 1.00 e. The minimum Gasteiger partial charge on any atom is -1.00 e. The molecule has 0 rings (SSSR count). The molecule has 0 saturated carbocycles. The van der Waals surface area contributed by atoms with Crippen LogP contribution in [0, 0.1) is 0 Å². The van der Waals surface area contributed by atoms with E-state index in [-0.39, 0.29) is 24.0 Å². The lowest BCUT2D eigenvalue weighted by Crippen LogP contribution is -3.06. The second kappa shape index (κ2) is 6.65. The SMILES string of the molecule is C[NH+](C)CCO.[I-]. The molecule has 0 spiro atoms. The summed E-state index contributed by atoms with van der Waals surface area (Å²) in [5.41, 5.74) is 0. The summed E-state index contributed by atoms with van der Waals surface area (Å²) in [6.07, 6.45) is 0. The van der Waals surface area contributed by atoms with Crippen LogP contribution in [0.4, 0.5) is 0 Å². The molecule has 0 fully saturated rings. The van der Waals surface area contributed by atoms with Gasteiger partial charge in [-0.3, -0.25) is 0 Å². The lowest BCUT2D eigenvalue weighted by molar-refractivity contribution is -0.858. The Morgan fingerprint density at radius 3 is 1.86 bits per heavy atom. The fraction of sp³-hybridized carbons (Fsp3) is 1.00. The van der Waals surface area contributed by atoms with E-state index in [1.165, 1.54) is 4.90 Å². The molecule has 0 aliphatic carbocycles. The van der Waals surface area contributed by atoms with Crippen LogP contribution in [-0.4, -0.2) is 32.4 Å². The maximum absolute atomic E-state index is 8.22. The lowest BCUT2D eigenvalue weighted by atomic mass is 10.6. The number of quaternary nitrogens is 1. The van der Waals surface area contributed by atoms with E-state index < -0.39 is 0 Å². The van der Waals surface area contributed by atoms with Gasteiger partial charge in [0.1, 0.15) is 6.54 Å². The topological polar surface area (TPSA) is 24.7 Å². The number of rotatable bonds is 2. The predicted octanol–water partition coefficient (Wildman–Crippen LogP) is -4.87. The summed E-state index contributed by atoms with van der Waals surface area (Å²) in [6, 6.07) is 0. The number of hydrogen-bond acceptors (Lipinski definition) is 1. The number of aliphatic hydroxyl groups excluding tert-OH is 1. The standard InChI is InChI=1S/C4H11NO.HI/c1-5(2)3-4-6;/h6H,3-4H2,1-2H3;1H. The molecular formula is C4H12INO. The van der Waals surface area contributed by atoms with Gasteiger partial charge in [0.15, 0.2) is 0 Å². The van der Waals surface area contributed by atoms with Crippen LogP contribution in [-0.2, 0) is 0 Å². The van der Waals surface area contributed by atoms with Crippen molar-refractivity contribution in [1.82, 2.24) is 0 Å². The third kappa shape index (κ3) is 10.8. The van der Waals surface area contributed by atoms with Crippen LogP contribution >= 0.6 is 0 Å². The van der Waals surface area contributed by atoms with Gasteiger partial charge in [-0.25, -0.2) is 0 Å². The van der Waals surface area contributed by atoms with E-state index in [4.69, 9.17) is 5.11 Å². The predicted molar refractivity (Wildman–Crippen MR) is 24.8 cm³/mol. The minimum atomic E-state index is 0. The van der Waals surface area contributed by atoms with Crippen LogP contribution in [0.3, 0.4) is 0 Å². The molecule has 0 amide bonds. The van der Waals surface area contributed by atoms with E-state index in [1.807, 2.05) is 14.1 Å². The zero-order valence-electron chi connectivity index (χ0n) is 4.74. The van der Waals surface area contributed by atoms with Crippen molar-refractivity contribution in [1.29, 1.82) is 0 Å². The first-order chi connectivity index (χ1) is 2.77. The maximum Gasteiger partial charge on any atom is 0.100 e. The quantitative estimate of drug-likeness (QED) is 0.445. The molecule has 2 N–H and O–H groups in total. The first-order valence-corrected chi connectivity index (χ1v) is 2.17. The normalized spacial score (nSPS) is 8.57. The van der Waals surface area contributed by atoms with Crippen molar-refractivity contribution < 1.29 is 34.0 Å². The Labute approximate surface area is 61.5 Å². The minimum absolute atomic E-state index is 0. The summed E-state index contributed by atoms with van der Waals surface area (Å²) in [5, 5.41) is 8.22. The summed E-state index contributed by atoms with van der Waals surface area (Å²) < 4.78 is 0. The molecule has 0 bridgehead atoms. The smallest absolute Gasteiger partial charge is 0.100 e. The van der Waals surface area contributed by atoms with Crippen LogP contribution < -0.4 is 28.9 Å². The van der Waals surface area contributed by atoms with Crippen molar-refractivity contribution in [3.05, 3.63) is 0 Å². The van der Waals surface area contributed by atoms with Gasteiger partial charge in [0, 0.05) is 0 Å². The number of halogens is 1. The van der Waals surface area contributed by atoms with Gasteiger partial charge in [-0.2, -0.15) is 0 Å². The molecule has 0 unspecified atom stereocenters. The maximum atomic E-state index is 8.22. The molecule has 0 atom stereocenters. The Hall–Kier alpha value is 0.650. The van der Waals surface area contributed by atoms with E-state index in [9.17, 15) is 0 Å². The summed E-state index contributed by atoms with van der Waals surface area (Å²) in [6.45, 7) is 1.14. The molecule has 3 heteroatoms. The van der Waals surface area contributed by atoms with Crippen molar-refractivity contribution in [2.75, 3.05) is 27.2 Å². The van der Waals surface area contributed by atoms with Gasteiger partial charge < -0.3 is 34.0 Å². The zero-order chi connectivity index (χ0) is 4.99. The second-order valence-electron chi connectivity index (χ2n) is 1.68. The summed E-state index contributed by atoms with van der Waals surface area (Å²) in [4.78, 5) is 1.29. The van der Waals surface area contributed by atoms with Crippen molar-refractivity contribution >= 4 is 0 Å². The monoisotopic (exact) mass is 217 g/mol. The van der Waals surface area contributed by atoms with Gasteiger partial charge in [-0.05, 0) is 0 Å². The Bertz CT molecular complexity index is 32.9. The zero-order valence-corrected chi connectivity index (χ0v) is 6.90. The number of nitrogens with one attached hydrogen (secondary N) is 1. The van der Waals surface area contributed by atoms with Crippen molar-refractivity contribution in [3.8, 4) is 0 Å². The summed E-state index contributed by atoms with van der Waals surface area (Å²) in [7, 11) is 4.02. The second-order valence-corrected chi connectivity index (χ2v) is 1.68. The van der Waals surface area contributed by atoms with E-state index in [0.717, 1.165) is 6.54 Å². The molecule has 46 valence electrons. The van der Waals surface area contributed by atoms with E-state index in [0.29, 0.717) is 6.61 Å². The van der Waals surface area contributed by atoms with Crippen LogP contribution in [0.1, 0.15) is 0 Å². The lowest BCUT2D eigenvalue weighted by Gasteiger charge is -2.00. The van der Waals surface area contributed by atoms with Crippen LogP contribution in [0.2, 0.25) is 0 Å². The van der Waals surface area contributed by atoms with Crippen LogP contribution in [0.25, 0.3) is 0 Å². The van der Waals surface area contributed by atoms with Gasteiger partial charge in [0.2, 0.25) is 0 Å². The van der Waals surface area contributed by atoms with Gasteiger partial charge in [0.05, 0.1) is 20.7 Å². The molecule has 0 aromatic rings. The van der Waals surface area contributed by atoms with Gasteiger partial charge in [0.25, 0.3) is 0 Å². The molecule has 0 aliphatic heterocycles. The highest BCUT2D eigenvalue weighted by atomic mass is 127. The summed E-state index contributed by atoms with van der Waals surface area (Å²) in [5.74, 6) is 0. The Morgan fingerprint density at radius 2 is 1.86 bits per heavy atom. The van der Waals surface area contributed by atoms with Crippen molar-refractivity contribution in [3.63, 3.8) is 0 Å². The fourth-order valence-electron chi connectivity index (χ4n) is 0.224. The molecule has 0 radical (unpaired) electrons. The van der Waals surface area contributed by atoms with Crippen LogP contribution in [0.5, 0.6) is 0 Å². The average Bonchev–Trinajstić information content (AvgIpc) is 1.35. The number of hydrogen-bond donors (Lipinski definition) is 2. The molecule has 0 aromatic carbocycles. The van der Waals surface area contributed by atoms with Crippen molar-refractivity contribution in [2.45, 2.75) is 0 Å². The van der Waals surface area contributed by atoms with Gasteiger partial charge in [-0.15, -0.1) is 0 Å². The number of aliphatic hydroxyl groups is 1. The Morgan fingerprint density at radius 1 is 1.43 bits per heavy atom. The van der Waals surface area contributed by atoms with E-state index in [1.54, 1.807) is 0 Å². The highest BCUT2D eigenvalue weighted by Crippen LogP contribution is 1.35. The van der Waals surface area contributed by atoms with E-state index >= 15 is 0 Å². The van der Waals surface area contributed by atoms with E-state index in [2.05, 4.69) is 0 Å². The van der Waals surface area contributed by atoms with Crippen molar-refractivity contribution in [2.24, 2.45) is 0 Å². The molecule has 7 heavy (non-hydrogen) atoms. The van der Waals surface area contributed by atoms with Gasteiger partial charge >= 0.3 is 0 Å². The average molecular weight is 217 g/mol. The first kappa shape index (κ1) is 10.6. The number of likely N-dealkylation sites (N-methyl/N-ethyl adjacent to an activating group) is 1. The highest BCUT2D eigenvalue weighted by molar-refractivity contribution is 4.10. The molecule has 0 heterocycles. The Balaban J connectivity index is 0. The molecule has 0 aliphatic rings. The molecular weight excluding hydrogens is 205 g/mol.